The first-order chi connectivity index (χ1) is 29.7. The van der Waals surface area contributed by atoms with Crippen molar-refractivity contribution < 1.29 is 0 Å². The first kappa shape index (κ1) is 36.4. The fourth-order valence-corrected chi connectivity index (χ4v) is 8.16. The van der Waals surface area contributed by atoms with E-state index in [0.29, 0.717) is 17.5 Å². The smallest absolute Gasteiger partial charge is 0.164 e. The molecule has 0 fully saturated rings. The van der Waals surface area contributed by atoms with Crippen molar-refractivity contribution in [3.05, 3.63) is 247 Å². The molecule has 1 aliphatic rings. The van der Waals surface area contributed by atoms with Crippen molar-refractivity contribution in [2.75, 3.05) is 0 Å². The molecule has 1 unspecified atom stereocenters. The minimum atomic E-state index is 0.178. The molecule has 0 spiro atoms. The average Bonchev–Trinajstić information content (AvgIpc) is 3.35. The van der Waals surface area contributed by atoms with Gasteiger partial charge in [-0.2, -0.15) is 0 Å². The highest BCUT2D eigenvalue weighted by Gasteiger charge is 2.23. The third-order valence-corrected chi connectivity index (χ3v) is 11.2. The van der Waals surface area contributed by atoms with Crippen LogP contribution in [0.4, 0.5) is 0 Å². The Hall–Kier alpha value is -7.93. The van der Waals surface area contributed by atoms with Crippen LogP contribution in [0.5, 0.6) is 0 Å². The van der Waals surface area contributed by atoms with E-state index in [9.17, 15) is 0 Å². The summed E-state index contributed by atoms with van der Waals surface area (Å²) in [6.45, 7) is 0. The Bertz CT molecular complexity index is 2900. The molecule has 0 radical (unpaired) electrons. The van der Waals surface area contributed by atoms with Crippen molar-refractivity contribution in [1.29, 1.82) is 0 Å². The zero-order valence-electron chi connectivity index (χ0n) is 32.9. The van der Waals surface area contributed by atoms with E-state index in [1.54, 1.807) is 0 Å². The normalized spacial score (nSPS) is 13.5. The van der Waals surface area contributed by atoms with Crippen molar-refractivity contribution in [1.82, 2.24) is 15.0 Å². The molecule has 1 heterocycles. The summed E-state index contributed by atoms with van der Waals surface area (Å²) in [4.78, 5) is 15.1. The van der Waals surface area contributed by atoms with E-state index in [0.717, 1.165) is 50.9 Å². The Morgan fingerprint density at radius 1 is 0.400 bits per heavy atom. The maximum absolute atomic E-state index is 5.07. The lowest BCUT2D eigenvalue weighted by Gasteiger charge is -2.25. The Labute approximate surface area is 351 Å². The molecular weight excluding hydrogens is 727 g/mol. The van der Waals surface area contributed by atoms with Gasteiger partial charge in [-0.1, -0.05) is 206 Å². The van der Waals surface area contributed by atoms with Crippen LogP contribution < -0.4 is 0 Å². The first-order valence-electron chi connectivity index (χ1n) is 20.4. The maximum atomic E-state index is 5.07. The van der Waals surface area contributed by atoms with Crippen molar-refractivity contribution >= 4 is 11.1 Å². The molecule has 8 aromatic carbocycles. The summed E-state index contributed by atoms with van der Waals surface area (Å²) >= 11 is 0. The topological polar surface area (TPSA) is 38.7 Å². The van der Waals surface area contributed by atoms with Gasteiger partial charge in [0.1, 0.15) is 0 Å². The first-order valence-corrected chi connectivity index (χ1v) is 20.4. The Balaban J connectivity index is 1.12. The molecule has 0 amide bonds. The van der Waals surface area contributed by atoms with Crippen LogP contribution in [-0.2, 0) is 0 Å². The van der Waals surface area contributed by atoms with Crippen LogP contribution in [0.3, 0.4) is 0 Å². The van der Waals surface area contributed by atoms with E-state index in [2.05, 4.69) is 158 Å². The van der Waals surface area contributed by atoms with Gasteiger partial charge in [0.05, 0.1) is 0 Å². The summed E-state index contributed by atoms with van der Waals surface area (Å²) in [6, 6.07) is 78.7. The monoisotopic (exact) mass is 765 g/mol. The van der Waals surface area contributed by atoms with E-state index in [4.69, 9.17) is 15.0 Å². The quantitative estimate of drug-likeness (QED) is 0.147. The molecule has 1 aromatic heterocycles. The molecule has 1 atom stereocenters. The summed E-state index contributed by atoms with van der Waals surface area (Å²) in [5.74, 6) is 2.04. The van der Waals surface area contributed by atoms with Crippen LogP contribution in [0.2, 0.25) is 0 Å². The van der Waals surface area contributed by atoms with Crippen LogP contribution >= 0.6 is 0 Å². The molecule has 1 aliphatic carbocycles. The van der Waals surface area contributed by atoms with Crippen LogP contribution in [-0.4, -0.2) is 15.0 Å². The fraction of sp³-hybridized carbons (Fsp3) is 0.0351. The Morgan fingerprint density at radius 2 is 0.917 bits per heavy atom. The second-order valence-corrected chi connectivity index (χ2v) is 15.0. The molecule has 0 saturated carbocycles. The lowest BCUT2D eigenvalue weighted by atomic mass is 9.79. The maximum Gasteiger partial charge on any atom is 0.164 e. The van der Waals surface area contributed by atoms with Gasteiger partial charge >= 0.3 is 0 Å². The molecule has 0 bridgehead atoms. The number of hydrogen-bond acceptors (Lipinski definition) is 3. The number of nitrogens with zero attached hydrogens (tertiary/aromatic N) is 3. The molecule has 10 rings (SSSR count). The van der Waals surface area contributed by atoms with Crippen LogP contribution in [0.25, 0.3) is 78.7 Å². The van der Waals surface area contributed by atoms with E-state index in [1.165, 1.54) is 33.4 Å². The SMILES string of the molecule is c1cccc(-c2cc(-c3nc(-c4ccccc4)nc(-c4ccccc4)n3)ccc2-c2ccc(C3C=C(c4ccccc4)C=C(c4ccccc4)C3)cc2-c2ccccc2)c#1. The predicted molar refractivity (Wildman–Crippen MR) is 246 cm³/mol. The number of allylic oxidation sites excluding steroid dienone is 4. The number of aromatic nitrogens is 3. The molecule has 60 heavy (non-hydrogen) atoms. The predicted octanol–water partition coefficient (Wildman–Crippen LogP) is 14.1. The van der Waals surface area contributed by atoms with Gasteiger partial charge in [-0.25, -0.2) is 15.0 Å². The zero-order valence-corrected chi connectivity index (χ0v) is 32.9. The van der Waals surface area contributed by atoms with E-state index in [-0.39, 0.29) is 5.92 Å². The fourth-order valence-electron chi connectivity index (χ4n) is 8.16. The van der Waals surface area contributed by atoms with Gasteiger partial charge in [-0.15, -0.1) is 0 Å². The minimum Gasteiger partial charge on any atom is -0.208 e. The summed E-state index contributed by atoms with van der Waals surface area (Å²) in [7, 11) is 0. The Morgan fingerprint density at radius 3 is 1.50 bits per heavy atom. The summed E-state index contributed by atoms with van der Waals surface area (Å²) < 4.78 is 0. The summed E-state index contributed by atoms with van der Waals surface area (Å²) in [6.07, 6.45) is 5.72. The van der Waals surface area contributed by atoms with Crippen molar-refractivity contribution in [3.63, 3.8) is 0 Å². The van der Waals surface area contributed by atoms with Crippen LogP contribution in [0.15, 0.2) is 218 Å². The van der Waals surface area contributed by atoms with Gasteiger partial charge < -0.3 is 0 Å². The van der Waals surface area contributed by atoms with Crippen LogP contribution in [0, 0.1) is 12.1 Å². The van der Waals surface area contributed by atoms with Crippen molar-refractivity contribution in [3.8, 4) is 67.5 Å². The molecule has 282 valence electrons. The average molecular weight is 766 g/mol. The van der Waals surface area contributed by atoms with E-state index < -0.39 is 0 Å². The molecule has 9 aromatic rings. The third-order valence-electron chi connectivity index (χ3n) is 11.2. The van der Waals surface area contributed by atoms with Gasteiger partial charge in [-0.05, 0) is 86.3 Å². The van der Waals surface area contributed by atoms with Gasteiger partial charge in [0.2, 0.25) is 0 Å². The number of benzene rings is 7. The van der Waals surface area contributed by atoms with Gasteiger partial charge in [0, 0.05) is 28.2 Å². The van der Waals surface area contributed by atoms with Crippen molar-refractivity contribution in [2.45, 2.75) is 12.3 Å². The zero-order chi connectivity index (χ0) is 40.1. The third kappa shape index (κ3) is 7.59. The number of rotatable bonds is 9. The van der Waals surface area contributed by atoms with Gasteiger partial charge in [-0.3, -0.25) is 0 Å². The minimum absolute atomic E-state index is 0.178. The largest absolute Gasteiger partial charge is 0.208 e. The molecule has 0 saturated heterocycles. The van der Waals surface area contributed by atoms with Gasteiger partial charge in [0.25, 0.3) is 0 Å². The Kier molecular flexibility index (Phi) is 10.0. The highest BCUT2D eigenvalue weighted by atomic mass is 15.0. The highest BCUT2D eigenvalue weighted by Crippen LogP contribution is 2.44. The van der Waals surface area contributed by atoms with E-state index in [1.807, 2.05) is 72.8 Å². The highest BCUT2D eigenvalue weighted by molar-refractivity contribution is 5.94. The van der Waals surface area contributed by atoms with E-state index >= 15 is 0 Å². The molecule has 0 aliphatic heterocycles. The standard InChI is InChI=1S/C57H39N3/c1-7-19-40(20-8-1)48-35-49(41-21-9-2-10-22-41)37-50(36-48)46-31-33-51(53(38-46)42-23-11-3-12-24-42)52-34-32-47(39-54(52)43-25-13-4-14-26-43)57-59-55(44-27-15-5-16-28-44)58-56(60-57)45-29-17-6-18-30-45/h1-13,15-25,27-36,38-39,50H,37H2. The molecule has 0 N–H and O–H groups in total. The second kappa shape index (κ2) is 16.5. The summed E-state index contributed by atoms with van der Waals surface area (Å²) in [5, 5.41) is 0. The second-order valence-electron chi connectivity index (χ2n) is 15.0. The number of hydrogen-bond donors (Lipinski definition) is 0. The molecular formula is C57H39N3. The lowest BCUT2D eigenvalue weighted by Crippen LogP contribution is -2.04. The molecule has 3 nitrogen and oxygen atoms in total. The van der Waals surface area contributed by atoms with Crippen molar-refractivity contribution in [2.24, 2.45) is 0 Å². The lowest BCUT2D eigenvalue weighted by molar-refractivity contribution is 0.871. The summed E-state index contributed by atoms with van der Waals surface area (Å²) in [5.41, 5.74) is 15.6. The van der Waals surface area contributed by atoms with Gasteiger partial charge in [0.15, 0.2) is 17.5 Å². The molecule has 3 heteroatoms. The van der Waals surface area contributed by atoms with Crippen LogP contribution in [0.1, 0.15) is 29.0 Å².